The summed E-state index contributed by atoms with van der Waals surface area (Å²) in [5.74, 6) is -0.0233. The second-order valence-electron chi connectivity index (χ2n) is 12.7. The SMILES string of the molecule is C/C=C\c1c(Cl)cc2[nH]ncc2c1-c1ncc2c(N3CCC[C@]4(CCO4)C3)nc(OC[C@@]34CCCN3C[C@H](F)C4)nc2c1F. The van der Waals surface area contributed by atoms with Crippen molar-refractivity contribution in [3.05, 3.63) is 40.9 Å². The molecule has 4 aromatic rings. The minimum atomic E-state index is -0.881. The Morgan fingerprint density at radius 3 is 2.86 bits per heavy atom. The summed E-state index contributed by atoms with van der Waals surface area (Å²) >= 11 is 6.68. The Labute approximate surface area is 258 Å². The summed E-state index contributed by atoms with van der Waals surface area (Å²) in [6, 6.07) is 1.86. The third-order valence-corrected chi connectivity index (χ3v) is 10.3. The van der Waals surface area contributed by atoms with E-state index >= 15 is 4.39 Å². The molecule has 3 atom stereocenters. The molecule has 7 heterocycles. The van der Waals surface area contributed by atoms with E-state index in [2.05, 4.69) is 30.0 Å². The standard InChI is InChI=1S/C32H34ClF2N7O2/c1-2-5-20-23(33)12-24-21(15-37-40-24)25(20)28-26(35)27-22(14-36-28)29(41-9-4-7-32(17-41)8-11-44-32)39-30(38-27)43-18-31-6-3-10-42(31)16-19(34)13-31/h2,5,12,14-15,19H,3-4,6-11,13,16-18H2,1H3,(H,37,40)/b5-2-/t19-,31+,32+/m1/s1. The van der Waals surface area contributed by atoms with Gasteiger partial charge in [-0.1, -0.05) is 23.8 Å². The Morgan fingerprint density at radius 2 is 2.05 bits per heavy atom. The van der Waals surface area contributed by atoms with Crippen LogP contribution in [-0.2, 0) is 4.74 Å². The van der Waals surface area contributed by atoms with Crippen molar-refractivity contribution in [3.63, 3.8) is 0 Å². The number of rotatable bonds is 6. The zero-order valence-corrected chi connectivity index (χ0v) is 25.3. The molecule has 12 heteroatoms. The lowest BCUT2D eigenvalue weighted by Crippen LogP contribution is -2.56. The molecule has 0 unspecified atom stereocenters. The summed E-state index contributed by atoms with van der Waals surface area (Å²) in [5.41, 5.74) is 1.48. The average molecular weight is 622 g/mol. The number of anilines is 1. The minimum Gasteiger partial charge on any atom is -0.461 e. The van der Waals surface area contributed by atoms with Crippen molar-refractivity contribution in [1.29, 1.82) is 0 Å². The molecule has 4 aliphatic heterocycles. The fraction of sp³-hybridized carbons (Fsp3) is 0.500. The largest absolute Gasteiger partial charge is 0.461 e. The first kappa shape index (κ1) is 28.1. The Hall–Kier alpha value is -3.41. The first-order valence-electron chi connectivity index (χ1n) is 15.4. The third kappa shape index (κ3) is 4.46. The highest BCUT2D eigenvalue weighted by Gasteiger charge is 2.49. The number of nitrogens with zero attached hydrogens (tertiary/aromatic N) is 6. The quantitative estimate of drug-likeness (QED) is 0.276. The second kappa shape index (κ2) is 10.6. The van der Waals surface area contributed by atoms with Gasteiger partial charge in [-0.25, -0.2) is 8.78 Å². The van der Waals surface area contributed by atoms with Gasteiger partial charge in [0.1, 0.15) is 29.8 Å². The highest BCUT2D eigenvalue weighted by atomic mass is 35.5. The van der Waals surface area contributed by atoms with Gasteiger partial charge in [0, 0.05) is 55.2 Å². The number of aromatic amines is 1. The van der Waals surface area contributed by atoms with Crippen molar-refractivity contribution in [2.75, 3.05) is 44.3 Å². The summed E-state index contributed by atoms with van der Waals surface area (Å²) in [6.45, 7) is 5.55. The zero-order valence-electron chi connectivity index (χ0n) is 24.6. The number of allylic oxidation sites excluding steroid dienone is 1. The molecule has 0 bridgehead atoms. The van der Waals surface area contributed by atoms with E-state index in [9.17, 15) is 4.39 Å². The van der Waals surface area contributed by atoms with Crippen molar-refractivity contribution < 1.29 is 18.3 Å². The van der Waals surface area contributed by atoms with E-state index in [0.29, 0.717) is 57.8 Å². The van der Waals surface area contributed by atoms with Crippen LogP contribution in [0.5, 0.6) is 6.01 Å². The maximum atomic E-state index is 16.9. The van der Waals surface area contributed by atoms with Gasteiger partial charge in [0.05, 0.1) is 39.9 Å². The van der Waals surface area contributed by atoms with E-state index in [1.807, 2.05) is 19.1 Å². The first-order valence-corrected chi connectivity index (χ1v) is 15.8. The molecule has 44 heavy (non-hydrogen) atoms. The lowest BCUT2D eigenvalue weighted by atomic mass is 9.86. The highest BCUT2D eigenvalue weighted by molar-refractivity contribution is 6.33. The summed E-state index contributed by atoms with van der Waals surface area (Å²) in [4.78, 5) is 18.5. The van der Waals surface area contributed by atoms with Crippen LogP contribution in [-0.4, -0.2) is 86.8 Å². The van der Waals surface area contributed by atoms with Gasteiger partial charge in [0.2, 0.25) is 0 Å². The lowest BCUT2D eigenvalue weighted by molar-refractivity contribution is -0.151. The normalized spacial score (nSPS) is 27.2. The number of H-pyrrole nitrogens is 1. The predicted octanol–water partition coefficient (Wildman–Crippen LogP) is 6.11. The Balaban J connectivity index is 1.27. The monoisotopic (exact) mass is 621 g/mol. The first-order chi connectivity index (χ1) is 21.4. The van der Waals surface area contributed by atoms with E-state index in [1.165, 1.54) is 0 Å². The lowest BCUT2D eigenvalue weighted by Gasteiger charge is -2.48. The number of halogens is 3. The summed E-state index contributed by atoms with van der Waals surface area (Å²) in [5, 5.41) is 8.76. The molecule has 4 aliphatic rings. The van der Waals surface area contributed by atoms with Crippen LogP contribution in [0, 0.1) is 5.82 Å². The number of fused-ring (bicyclic) bond motifs is 3. The Bertz CT molecular complexity index is 1790. The molecule has 230 valence electrons. The molecule has 1 N–H and O–H groups in total. The van der Waals surface area contributed by atoms with Gasteiger partial charge in [0.25, 0.3) is 0 Å². The van der Waals surface area contributed by atoms with Crippen molar-refractivity contribution in [2.24, 2.45) is 0 Å². The number of alkyl halides is 1. The Kier molecular flexibility index (Phi) is 6.77. The van der Waals surface area contributed by atoms with Crippen molar-refractivity contribution in [2.45, 2.75) is 62.8 Å². The maximum Gasteiger partial charge on any atom is 0.319 e. The van der Waals surface area contributed by atoms with Gasteiger partial charge >= 0.3 is 6.01 Å². The van der Waals surface area contributed by atoms with Gasteiger partial charge in [-0.15, -0.1) is 0 Å². The van der Waals surface area contributed by atoms with E-state index in [-0.39, 0.29) is 35.0 Å². The van der Waals surface area contributed by atoms with Gasteiger partial charge in [-0.3, -0.25) is 15.0 Å². The molecule has 1 spiro atoms. The van der Waals surface area contributed by atoms with Gasteiger partial charge in [-0.05, 0) is 45.2 Å². The van der Waals surface area contributed by atoms with Gasteiger partial charge in [0.15, 0.2) is 5.82 Å². The number of ether oxygens (including phenoxy) is 2. The fourth-order valence-corrected chi connectivity index (χ4v) is 8.07. The number of nitrogens with one attached hydrogen (secondary N) is 1. The zero-order chi connectivity index (χ0) is 30.1. The van der Waals surface area contributed by atoms with Crippen LogP contribution in [0.3, 0.4) is 0 Å². The molecule has 0 amide bonds. The van der Waals surface area contributed by atoms with Gasteiger partial charge < -0.3 is 14.4 Å². The molecular weight excluding hydrogens is 588 g/mol. The van der Waals surface area contributed by atoms with Crippen LogP contribution < -0.4 is 9.64 Å². The molecule has 9 nitrogen and oxygen atoms in total. The molecule has 0 aliphatic carbocycles. The third-order valence-electron chi connectivity index (χ3n) is 9.99. The van der Waals surface area contributed by atoms with Crippen LogP contribution in [0.15, 0.2) is 24.5 Å². The van der Waals surface area contributed by atoms with E-state index in [4.69, 9.17) is 26.1 Å². The predicted molar refractivity (Wildman–Crippen MR) is 165 cm³/mol. The smallest absolute Gasteiger partial charge is 0.319 e. The minimum absolute atomic E-state index is 0.0782. The second-order valence-corrected chi connectivity index (χ2v) is 13.1. The molecule has 1 aromatic carbocycles. The molecule has 8 rings (SSSR count). The number of benzene rings is 1. The number of aromatic nitrogens is 5. The number of hydrogen-bond donors (Lipinski definition) is 1. The molecule has 4 fully saturated rings. The van der Waals surface area contributed by atoms with Crippen LogP contribution in [0.4, 0.5) is 14.6 Å². The molecule has 3 aromatic heterocycles. The number of pyridine rings is 1. The molecule has 4 saturated heterocycles. The fourth-order valence-electron chi connectivity index (χ4n) is 7.80. The maximum absolute atomic E-state index is 16.9. The van der Waals surface area contributed by atoms with Crippen molar-refractivity contribution in [1.82, 2.24) is 30.0 Å². The van der Waals surface area contributed by atoms with Crippen LogP contribution >= 0.6 is 11.6 Å². The molecule has 0 saturated carbocycles. The van der Waals surface area contributed by atoms with E-state index < -0.39 is 12.0 Å². The summed E-state index contributed by atoms with van der Waals surface area (Å²) in [7, 11) is 0. The highest BCUT2D eigenvalue weighted by Crippen LogP contribution is 2.43. The average Bonchev–Trinajstić information content (AvgIpc) is 3.70. The summed E-state index contributed by atoms with van der Waals surface area (Å²) in [6.07, 6.45) is 11.3. The van der Waals surface area contributed by atoms with Crippen LogP contribution in [0.25, 0.3) is 39.1 Å². The van der Waals surface area contributed by atoms with E-state index in [0.717, 1.165) is 51.8 Å². The molecule has 0 radical (unpaired) electrons. The topological polar surface area (TPSA) is 92.3 Å². The van der Waals surface area contributed by atoms with Crippen molar-refractivity contribution in [3.8, 4) is 17.3 Å². The Morgan fingerprint density at radius 1 is 1.18 bits per heavy atom. The van der Waals surface area contributed by atoms with Gasteiger partial charge in [-0.2, -0.15) is 15.1 Å². The van der Waals surface area contributed by atoms with E-state index in [1.54, 1.807) is 18.5 Å². The molecular formula is C32H34ClF2N7O2. The number of hydrogen-bond acceptors (Lipinski definition) is 8. The van der Waals surface area contributed by atoms with Crippen LogP contribution in [0.2, 0.25) is 5.02 Å². The number of piperidine rings is 1. The van der Waals surface area contributed by atoms with Crippen LogP contribution in [0.1, 0.15) is 51.0 Å². The van der Waals surface area contributed by atoms with Crippen molar-refractivity contribution >= 4 is 45.3 Å². The summed E-state index contributed by atoms with van der Waals surface area (Å²) < 4.78 is 43.7.